The average molecular weight is 348 g/mol. The average Bonchev–Trinajstić information content (AvgIpc) is 3.12. The molecule has 1 aromatic carbocycles. The molecule has 0 unspecified atom stereocenters. The monoisotopic (exact) mass is 348 g/mol. The molecule has 0 saturated carbocycles. The van der Waals surface area contributed by atoms with Gasteiger partial charge in [0, 0.05) is 32.3 Å². The Bertz CT molecular complexity index is 603. The number of piperidine rings is 1. The van der Waals surface area contributed by atoms with Gasteiger partial charge in [-0.1, -0.05) is 12.1 Å². The second-order valence-corrected chi connectivity index (χ2v) is 7.23. The number of carbonyl (C=O) groups excluding carboxylic acids is 1. The van der Waals surface area contributed by atoms with Crippen molar-refractivity contribution in [3.8, 4) is 0 Å². The summed E-state index contributed by atoms with van der Waals surface area (Å²) in [4.78, 5) is 20.7. The Morgan fingerprint density at radius 1 is 1.20 bits per heavy atom. The number of hydrogen-bond acceptors (Lipinski definition) is 4. The highest BCUT2D eigenvalue weighted by Gasteiger charge is 2.43. The molecule has 3 saturated heterocycles. The molecule has 3 aliphatic heterocycles. The smallest absolute Gasteiger partial charge is 0.250 e. The third-order valence-electron chi connectivity index (χ3n) is 5.51. The lowest BCUT2D eigenvalue weighted by Crippen LogP contribution is -2.53. The zero-order valence-corrected chi connectivity index (χ0v) is 14.4. The van der Waals surface area contributed by atoms with Gasteiger partial charge in [-0.2, -0.15) is 0 Å². The van der Waals surface area contributed by atoms with Crippen LogP contribution in [0.5, 0.6) is 0 Å². The highest BCUT2D eigenvalue weighted by atomic mass is 19.1. The van der Waals surface area contributed by atoms with Gasteiger partial charge < -0.3 is 4.74 Å². The zero-order chi connectivity index (χ0) is 17.2. The largest absolute Gasteiger partial charge is 0.377 e. The Kier molecular flexibility index (Phi) is 5.01. The maximum absolute atomic E-state index is 13.2. The van der Waals surface area contributed by atoms with Gasteiger partial charge in [-0.05, 0) is 43.4 Å². The number of amides is 1. The molecule has 3 aliphatic rings. The van der Waals surface area contributed by atoms with Crippen molar-refractivity contribution in [1.29, 1.82) is 0 Å². The number of hydrogen-bond donors (Lipinski definition) is 0. The molecule has 4 rings (SSSR count). The molecule has 0 bridgehead atoms. The molecule has 0 radical (unpaired) electrons. The molecule has 3 fully saturated rings. The van der Waals surface area contributed by atoms with Crippen molar-refractivity contribution in [2.75, 3.05) is 26.3 Å². The Morgan fingerprint density at radius 2 is 2.04 bits per heavy atom. The van der Waals surface area contributed by atoms with Crippen LogP contribution in [0.2, 0.25) is 0 Å². The summed E-state index contributed by atoms with van der Waals surface area (Å²) in [5, 5.41) is 1.56. The second kappa shape index (κ2) is 7.40. The van der Waals surface area contributed by atoms with Gasteiger partial charge in [0.1, 0.15) is 5.82 Å². The minimum Gasteiger partial charge on any atom is -0.377 e. The number of halogens is 1. The lowest BCUT2D eigenvalue weighted by atomic mass is 9.89. The summed E-state index contributed by atoms with van der Waals surface area (Å²) in [5.41, 5.74) is 1.06. The van der Waals surface area contributed by atoms with Crippen LogP contribution < -0.4 is 0 Å². The van der Waals surface area contributed by atoms with Crippen molar-refractivity contribution in [3.05, 3.63) is 35.6 Å². The zero-order valence-electron chi connectivity index (χ0n) is 14.4. The first-order chi connectivity index (χ1) is 12.2. The van der Waals surface area contributed by atoms with E-state index in [1.165, 1.54) is 12.1 Å². The van der Waals surface area contributed by atoms with E-state index in [-0.39, 0.29) is 23.7 Å². The van der Waals surface area contributed by atoms with Crippen molar-refractivity contribution in [2.45, 2.75) is 44.4 Å². The molecule has 0 aromatic heterocycles. The normalized spacial score (nSPS) is 30.3. The Morgan fingerprint density at radius 3 is 2.80 bits per heavy atom. The molecule has 0 aliphatic carbocycles. The van der Waals surface area contributed by atoms with Gasteiger partial charge in [-0.3, -0.25) is 14.5 Å². The van der Waals surface area contributed by atoms with Crippen molar-refractivity contribution in [1.82, 2.24) is 9.96 Å². The van der Waals surface area contributed by atoms with E-state index >= 15 is 0 Å². The van der Waals surface area contributed by atoms with Crippen molar-refractivity contribution in [3.63, 3.8) is 0 Å². The predicted molar refractivity (Wildman–Crippen MR) is 90.0 cm³/mol. The third kappa shape index (κ3) is 3.71. The van der Waals surface area contributed by atoms with Crippen LogP contribution in [0.1, 0.15) is 31.2 Å². The summed E-state index contributed by atoms with van der Waals surface area (Å²) in [5.74, 6) is -0.240. The van der Waals surface area contributed by atoms with Crippen molar-refractivity contribution >= 4 is 5.91 Å². The van der Waals surface area contributed by atoms with Gasteiger partial charge in [-0.25, -0.2) is 9.45 Å². The van der Waals surface area contributed by atoms with Gasteiger partial charge in [0.25, 0.3) is 5.91 Å². The number of likely N-dealkylation sites (tertiary alicyclic amines) is 1. The van der Waals surface area contributed by atoms with E-state index in [0.717, 1.165) is 44.4 Å². The van der Waals surface area contributed by atoms with Crippen molar-refractivity contribution < 1.29 is 18.8 Å². The number of rotatable bonds is 3. The number of ether oxygens (including phenoxy) is 1. The van der Waals surface area contributed by atoms with Crippen LogP contribution in [0, 0.1) is 11.7 Å². The van der Waals surface area contributed by atoms with Crippen LogP contribution in [0.4, 0.5) is 4.39 Å². The fraction of sp³-hybridized carbons (Fsp3) is 0.632. The van der Waals surface area contributed by atoms with E-state index in [9.17, 15) is 9.18 Å². The van der Waals surface area contributed by atoms with Crippen LogP contribution in [-0.2, 0) is 20.9 Å². The Labute approximate surface area is 147 Å². The maximum Gasteiger partial charge on any atom is 0.250 e. The predicted octanol–water partition coefficient (Wildman–Crippen LogP) is 2.36. The molecule has 3 heterocycles. The van der Waals surface area contributed by atoms with Crippen LogP contribution in [0.25, 0.3) is 0 Å². The summed E-state index contributed by atoms with van der Waals surface area (Å²) in [6.45, 7) is 3.48. The Hall–Kier alpha value is -1.50. The van der Waals surface area contributed by atoms with E-state index in [2.05, 4.69) is 4.90 Å². The van der Waals surface area contributed by atoms with Gasteiger partial charge >= 0.3 is 0 Å². The molecule has 6 heteroatoms. The summed E-state index contributed by atoms with van der Waals surface area (Å²) in [7, 11) is 0. The standard InChI is InChI=1S/C19H25FN2O3/c20-16-5-3-14(4-6-16)12-21-13-15(11-18-17(21)7-10-24-18)19(23)22-8-1-2-9-25-22/h3-6,15,17-18H,1-2,7-13H2/t15-,17-,18-/m1/s1. The highest BCUT2D eigenvalue weighted by molar-refractivity contribution is 5.78. The van der Waals surface area contributed by atoms with E-state index in [0.29, 0.717) is 25.7 Å². The quantitative estimate of drug-likeness (QED) is 0.841. The number of benzene rings is 1. The van der Waals surface area contributed by atoms with Gasteiger partial charge in [0.15, 0.2) is 0 Å². The van der Waals surface area contributed by atoms with Crippen molar-refractivity contribution in [2.24, 2.45) is 5.92 Å². The summed E-state index contributed by atoms with van der Waals surface area (Å²) in [6.07, 6.45) is 3.88. The topological polar surface area (TPSA) is 42.0 Å². The molecular weight excluding hydrogens is 323 g/mol. The molecule has 25 heavy (non-hydrogen) atoms. The first kappa shape index (κ1) is 16.9. The molecule has 5 nitrogen and oxygen atoms in total. The van der Waals surface area contributed by atoms with Gasteiger partial charge in [0.05, 0.1) is 18.6 Å². The minimum absolute atomic E-state index is 0.0813. The molecule has 1 aromatic rings. The van der Waals surface area contributed by atoms with Crippen LogP contribution in [0.15, 0.2) is 24.3 Å². The fourth-order valence-electron chi connectivity index (χ4n) is 4.21. The fourth-order valence-corrected chi connectivity index (χ4v) is 4.21. The van der Waals surface area contributed by atoms with E-state index < -0.39 is 0 Å². The molecule has 0 spiro atoms. The number of nitrogens with zero attached hydrogens (tertiary/aromatic N) is 2. The first-order valence-corrected chi connectivity index (χ1v) is 9.25. The minimum atomic E-state index is -0.222. The van der Waals surface area contributed by atoms with E-state index in [1.54, 1.807) is 5.06 Å². The van der Waals surface area contributed by atoms with Crippen LogP contribution >= 0.6 is 0 Å². The molecule has 136 valence electrons. The SMILES string of the molecule is O=C([C@@H]1C[C@H]2OCC[C@H]2N(Cc2ccc(F)cc2)C1)N1CCCCO1. The first-order valence-electron chi connectivity index (χ1n) is 9.25. The van der Waals surface area contributed by atoms with E-state index in [4.69, 9.17) is 9.57 Å². The number of fused-ring (bicyclic) bond motifs is 1. The number of carbonyl (C=O) groups is 1. The lowest BCUT2D eigenvalue weighted by molar-refractivity contribution is -0.204. The maximum atomic E-state index is 13.2. The molecule has 1 amide bonds. The summed E-state index contributed by atoms with van der Waals surface area (Å²) < 4.78 is 19.1. The summed E-state index contributed by atoms with van der Waals surface area (Å²) >= 11 is 0. The van der Waals surface area contributed by atoms with Gasteiger partial charge in [0.2, 0.25) is 0 Å². The molecule has 3 atom stereocenters. The summed E-state index contributed by atoms with van der Waals surface area (Å²) in [6, 6.07) is 6.97. The highest BCUT2D eigenvalue weighted by Crippen LogP contribution is 2.33. The lowest BCUT2D eigenvalue weighted by Gasteiger charge is -2.41. The van der Waals surface area contributed by atoms with Crippen LogP contribution in [0.3, 0.4) is 0 Å². The molecular formula is C19H25FN2O3. The Balaban J connectivity index is 1.47. The van der Waals surface area contributed by atoms with Gasteiger partial charge in [-0.15, -0.1) is 0 Å². The number of hydroxylamine groups is 2. The second-order valence-electron chi connectivity index (χ2n) is 7.23. The molecule has 0 N–H and O–H groups in total. The van der Waals surface area contributed by atoms with E-state index in [1.807, 2.05) is 12.1 Å². The third-order valence-corrected chi connectivity index (χ3v) is 5.51. The van der Waals surface area contributed by atoms with Crippen LogP contribution in [-0.4, -0.2) is 54.3 Å².